The van der Waals surface area contributed by atoms with Gasteiger partial charge in [-0.3, -0.25) is 11.8 Å². The maximum Gasteiger partial charge on any atom is 0.217 e. The Hall–Kier alpha value is 0.534. The Labute approximate surface area is 81.1 Å². The summed E-state index contributed by atoms with van der Waals surface area (Å²) in [6.45, 7) is 1.98. The van der Waals surface area contributed by atoms with Gasteiger partial charge >= 0.3 is 0 Å². The van der Waals surface area contributed by atoms with Crippen molar-refractivity contribution in [1.29, 1.82) is 0 Å². The van der Waals surface area contributed by atoms with Crippen molar-refractivity contribution in [2.45, 2.75) is 6.92 Å². The van der Waals surface area contributed by atoms with Crippen LogP contribution in [0.2, 0.25) is 0 Å². The Bertz CT molecular complexity index is 85.0. The molecule has 1 amide bonds. The first-order chi connectivity index (χ1) is 3.63. The molecule has 0 aliphatic rings. The summed E-state index contributed by atoms with van der Waals surface area (Å²) in [6, 6.07) is 0. The fraction of sp³-hybridized carbons (Fsp3) is 0.600. The largest absolute Gasteiger partial charge is 0.445 e. The summed E-state index contributed by atoms with van der Waals surface area (Å²) in [5, 5.41) is 2.57. The van der Waals surface area contributed by atoms with Gasteiger partial charge in [-0.2, -0.15) is 0 Å². The molecule has 0 aliphatic heterocycles. The van der Waals surface area contributed by atoms with Crippen molar-refractivity contribution in [3.05, 3.63) is 7.05 Å². The number of nitrogens with zero attached hydrogens (tertiary/aromatic N) is 1. The summed E-state index contributed by atoms with van der Waals surface area (Å²) >= 11 is 0. The third-order valence-electron chi connectivity index (χ3n) is 0.598. The monoisotopic (exact) mass is 204 g/mol. The number of hydrogen-bond acceptors (Lipinski definition) is 2. The van der Waals surface area contributed by atoms with Gasteiger partial charge < -0.3 is 10.2 Å². The van der Waals surface area contributed by atoms with E-state index in [0.717, 1.165) is 0 Å². The fourth-order valence-corrected chi connectivity index (χ4v) is 0.246. The van der Waals surface area contributed by atoms with Crippen LogP contribution in [0.1, 0.15) is 6.92 Å². The van der Waals surface area contributed by atoms with Crippen LogP contribution in [0, 0.1) is 7.05 Å². The van der Waals surface area contributed by atoms with Gasteiger partial charge in [0.05, 0.1) is 0 Å². The summed E-state index contributed by atoms with van der Waals surface area (Å²) in [5.74, 6) is -0.0273. The van der Waals surface area contributed by atoms with Crippen LogP contribution in [0.25, 0.3) is 0 Å². The average Bonchev–Trinajstić information content (AvgIpc) is 1.61. The van der Waals surface area contributed by atoms with E-state index in [1.807, 2.05) is 0 Å². The molecule has 0 aliphatic carbocycles. The summed E-state index contributed by atoms with van der Waals surface area (Å²) in [6.07, 6.45) is 0. The minimum atomic E-state index is -0.0273. The molecule has 0 aromatic carbocycles. The molecule has 0 saturated heterocycles. The van der Waals surface area contributed by atoms with Gasteiger partial charge in [-0.15, -0.1) is 0 Å². The van der Waals surface area contributed by atoms with Gasteiger partial charge in [0.25, 0.3) is 0 Å². The molecule has 0 bridgehead atoms. The standard InChI is InChI=1S/C5H11N2O.Y/c1-5(8)6-4-7(2)3;/h2,4H2,1,3H3,(H,6,8);/q-1;. The van der Waals surface area contributed by atoms with Crippen LogP contribution in [0.15, 0.2) is 0 Å². The van der Waals surface area contributed by atoms with Gasteiger partial charge in [-0.1, -0.05) is 0 Å². The van der Waals surface area contributed by atoms with Gasteiger partial charge in [0.1, 0.15) is 0 Å². The van der Waals surface area contributed by atoms with Crippen LogP contribution in [-0.4, -0.2) is 24.5 Å². The minimum Gasteiger partial charge on any atom is -0.445 e. The van der Waals surface area contributed by atoms with Crippen molar-refractivity contribution in [2.75, 3.05) is 13.7 Å². The molecule has 4 heteroatoms. The van der Waals surface area contributed by atoms with Crippen LogP contribution in [0.4, 0.5) is 0 Å². The smallest absolute Gasteiger partial charge is 0.217 e. The molecule has 9 heavy (non-hydrogen) atoms. The Kier molecular flexibility index (Phi) is 9.04. The SMILES string of the molecule is [CH2-]N(C)CNC(C)=O.[Y]. The van der Waals surface area contributed by atoms with Gasteiger partial charge in [-0.05, 0) is 7.05 Å². The number of carbonyl (C=O) groups excluding carboxylic acids is 1. The zero-order valence-electron chi connectivity index (χ0n) is 5.85. The number of nitrogens with one attached hydrogen (secondary N) is 1. The van der Waals surface area contributed by atoms with Gasteiger partial charge in [0, 0.05) is 46.3 Å². The maximum absolute atomic E-state index is 10.2. The van der Waals surface area contributed by atoms with Crippen molar-refractivity contribution >= 4 is 5.91 Å². The van der Waals surface area contributed by atoms with E-state index in [0.29, 0.717) is 6.67 Å². The van der Waals surface area contributed by atoms with E-state index in [4.69, 9.17) is 0 Å². The quantitative estimate of drug-likeness (QED) is 0.499. The molecule has 0 aromatic rings. The molecule has 0 atom stereocenters. The van der Waals surface area contributed by atoms with E-state index < -0.39 is 0 Å². The number of carbonyl (C=O) groups is 1. The van der Waals surface area contributed by atoms with Crippen molar-refractivity contribution in [2.24, 2.45) is 0 Å². The Balaban J connectivity index is 0. The number of rotatable bonds is 2. The van der Waals surface area contributed by atoms with E-state index in [-0.39, 0.29) is 38.6 Å². The Morgan fingerprint density at radius 2 is 2.22 bits per heavy atom. The molecule has 0 fully saturated rings. The van der Waals surface area contributed by atoms with E-state index in [1.54, 1.807) is 11.9 Å². The van der Waals surface area contributed by atoms with E-state index in [1.165, 1.54) is 6.92 Å². The van der Waals surface area contributed by atoms with Gasteiger partial charge in [0.2, 0.25) is 5.91 Å². The van der Waals surface area contributed by atoms with Crippen molar-refractivity contribution in [3.63, 3.8) is 0 Å². The third kappa shape index (κ3) is 11.9. The molecule has 1 radical (unpaired) electrons. The summed E-state index contributed by atoms with van der Waals surface area (Å²) in [7, 11) is 5.32. The minimum absolute atomic E-state index is 0. The molecule has 1 N–H and O–H groups in total. The molecule has 3 nitrogen and oxygen atoms in total. The van der Waals surface area contributed by atoms with Crippen molar-refractivity contribution in [3.8, 4) is 0 Å². The Morgan fingerprint density at radius 3 is 2.33 bits per heavy atom. The van der Waals surface area contributed by atoms with Crippen LogP contribution in [0.3, 0.4) is 0 Å². The normalized spacial score (nSPS) is 8.44. The second-order valence-electron chi connectivity index (χ2n) is 1.75. The second-order valence-corrected chi connectivity index (χ2v) is 1.75. The molecular formula is C5H11N2OY-. The van der Waals surface area contributed by atoms with Gasteiger partial charge in [-0.25, -0.2) is 0 Å². The van der Waals surface area contributed by atoms with E-state index >= 15 is 0 Å². The van der Waals surface area contributed by atoms with Crippen molar-refractivity contribution in [1.82, 2.24) is 10.2 Å². The first-order valence-corrected chi connectivity index (χ1v) is 2.39. The molecule has 0 heterocycles. The summed E-state index contributed by atoms with van der Waals surface area (Å²) in [4.78, 5) is 11.8. The van der Waals surface area contributed by atoms with E-state index in [2.05, 4.69) is 12.4 Å². The Morgan fingerprint density at radius 1 is 1.78 bits per heavy atom. The van der Waals surface area contributed by atoms with Crippen LogP contribution >= 0.6 is 0 Å². The number of hydrogen-bond donors (Lipinski definition) is 1. The summed E-state index contributed by atoms with van der Waals surface area (Å²) < 4.78 is 0. The molecule has 0 spiro atoms. The second kappa shape index (κ2) is 6.65. The first kappa shape index (κ1) is 12.2. The molecule has 0 rings (SSSR count). The topological polar surface area (TPSA) is 32.3 Å². The summed E-state index contributed by atoms with van der Waals surface area (Å²) in [5.41, 5.74) is 0. The maximum atomic E-state index is 10.2. The van der Waals surface area contributed by atoms with E-state index in [9.17, 15) is 4.79 Å². The molecule has 51 valence electrons. The molecule has 0 aromatic heterocycles. The third-order valence-corrected chi connectivity index (χ3v) is 0.598. The first-order valence-electron chi connectivity index (χ1n) is 2.39. The van der Waals surface area contributed by atoms with Gasteiger partial charge in [0.15, 0.2) is 0 Å². The molecule has 0 saturated carbocycles. The molecular weight excluding hydrogens is 193 g/mol. The predicted molar refractivity (Wildman–Crippen MR) is 31.8 cm³/mol. The fourth-order valence-electron chi connectivity index (χ4n) is 0.246. The predicted octanol–water partition coefficient (Wildman–Crippen LogP) is -0.199. The van der Waals surface area contributed by atoms with Crippen LogP contribution in [-0.2, 0) is 37.5 Å². The van der Waals surface area contributed by atoms with Crippen molar-refractivity contribution < 1.29 is 37.5 Å². The number of amides is 1. The zero-order valence-corrected chi connectivity index (χ0v) is 8.69. The molecule has 0 unspecified atom stereocenters. The van der Waals surface area contributed by atoms with Crippen LogP contribution in [0.5, 0.6) is 0 Å². The average molecular weight is 204 g/mol. The zero-order chi connectivity index (χ0) is 6.57. The van der Waals surface area contributed by atoms with Crippen LogP contribution < -0.4 is 5.32 Å².